The van der Waals surface area contributed by atoms with E-state index in [4.69, 9.17) is 9.47 Å². The summed E-state index contributed by atoms with van der Waals surface area (Å²) in [5, 5.41) is 6.58. The monoisotopic (exact) mass is 451 g/mol. The molecule has 0 spiro atoms. The Morgan fingerprint density at radius 1 is 1.32 bits per heavy atom. The van der Waals surface area contributed by atoms with Gasteiger partial charge in [-0.2, -0.15) is 11.8 Å². The number of hydrogen-bond donors (Lipinski definition) is 2. The predicted octanol–water partition coefficient (Wildman–Crippen LogP) is 2.12. The SMILES string of the molecule is COc1ccc(C(CNC(=O)CC2CSCCN2)N2CCOCC2)cc1.Cl.Cl. The molecule has 2 fully saturated rings. The largest absolute Gasteiger partial charge is 0.497 e. The van der Waals surface area contributed by atoms with Crippen molar-refractivity contribution in [3.8, 4) is 5.75 Å². The highest BCUT2D eigenvalue weighted by Crippen LogP contribution is 2.23. The van der Waals surface area contributed by atoms with Gasteiger partial charge in [-0.05, 0) is 17.7 Å². The molecule has 2 atom stereocenters. The van der Waals surface area contributed by atoms with Gasteiger partial charge in [-0.3, -0.25) is 9.69 Å². The predicted molar refractivity (Wildman–Crippen MR) is 119 cm³/mol. The van der Waals surface area contributed by atoms with Crippen LogP contribution < -0.4 is 15.4 Å². The summed E-state index contributed by atoms with van der Waals surface area (Å²) in [5.41, 5.74) is 1.19. The summed E-state index contributed by atoms with van der Waals surface area (Å²) in [7, 11) is 1.67. The van der Waals surface area contributed by atoms with Crippen molar-refractivity contribution in [2.45, 2.75) is 18.5 Å². The van der Waals surface area contributed by atoms with E-state index in [-0.39, 0.29) is 42.8 Å². The number of morpholine rings is 1. The van der Waals surface area contributed by atoms with Gasteiger partial charge >= 0.3 is 0 Å². The third-order valence-electron chi connectivity index (χ3n) is 4.91. The minimum atomic E-state index is 0. The zero-order valence-electron chi connectivity index (χ0n) is 16.2. The van der Waals surface area contributed by atoms with Gasteiger partial charge in [-0.1, -0.05) is 12.1 Å². The van der Waals surface area contributed by atoms with Crippen molar-refractivity contribution in [3.05, 3.63) is 29.8 Å². The highest BCUT2D eigenvalue weighted by molar-refractivity contribution is 7.99. The Hall–Kier alpha value is -0.700. The average molecular weight is 452 g/mol. The summed E-state index contributed by atoms with van der Waals surface area (Å²) in [6.45, 7) is 4.85. The second-order valence-electron chi connectivity index (χ2n) is 6.67. The van der Waals surface area contributed by atoms with E-state index in [1.165, 1.54) is 5.56 Å². The number of carbonyl (C=O) groups excluding carboxylic acids is 1. The number of nitrogens with one attached hydrogen (secondary N) is 2. The number of carbonyl (C=O) groups is 1. The third-order valence-corrected chi connectivity index (χ3v) is 6.04. The summed E-state index contributed by atoms with van der Waals surface area (Å²) in [4.78, 5) is 14.8. The van der Waals surface area contributed by atoms with Gasteiger partial charge in [0.2, 0.25) is 5.91 Å². The van der Waals surface area contributed by atoms with E-state index < -0.39 is 0 Å². The van der Waals surface area contributed by atoms with Crippen molar-refractivity contribution in [2.24, 2.45) is 0 Å². The summed E-state index contributed by atoms with van der Waals surface area (Å²) in [5.74, 6) is 3.11. The van der Waals surface area contributed by atoms with Crippen LogP contribution in [0.4, 0.5) is 0 Å². The lowest BCUT2D eigenvalue weighted by Gasteiger charge is -2.35. The number of nitrogens with zero attached hydrogens (tertiary/aromatic N) is 1. The van der Waals surface area contributed by atoms with Gasteiger partial charge in [0.15, 0.2) is 0 Å². The molecule has 0 bridgehead atoms. The second kappa shape index (κ2) is 13.5. The van der Waals surface area contributed by atoms with Crippen LogP contribution >= 0.6 is 36.6 Å². The van der Waals surface area contributed by atoms with Gasteiger partial charge in [0.1, 0.15) is 5.75 Å². The fourth-order valence-corrected chi connectivity index (χ4v) is 4.38. The molecule has 2 aliphatic rings. The van der Waals surface area contributed by atoms with Crippen LogP contribution in [-0.2, 0) is 9.53 Å². The van der Waals surface area contributed by atoms with Crippen LogP contribution in [0, 0.1) is 0 Å². The Bertz CT molecular complexity index is 568. The van der Waals surface area contributed by atoms with E-state index in [2.05, 4.69) is 27.7 Å². The van der Waals surface area contributed by atoms with Gasteiger partial charge in [0, 0.05) is 50.1 Å². The number of ether oxygens (including phenoxy) is 2. The van der Waals surface area contributed by atoms with Crippen molar-refractivity contribution in [1.29, 1.82) is 0 Å². The van der Waals surface area contributed by atoms with Crippen LogP contribution in [0.5, 0.6) is 5.75 Å². The molecule has 0 aromatic heterocycles. The molecular weight excluding hydrogens is 421 g/mol. The van der Waals surface area contributed by atoms with Crippen molar-refractivity contribution < 1.29 is 14.3 Å². The summed E-state index contributed by atoms with van der Waals surface area (Å²) in [6, 6.07) is 8.58. The minimum absolute atomic E-state index is 0. The molecular formula is C19H31Cl2N3O3S. The molecule has 2 N–H and O–H groups in total. The second-order valence-corrected chi connectivity index (χ2v) is 7.82. The maximum absolute atomic E-state index is 12.4. The maximum Gasteiger partial charge on any atom is 0.221 e. The van der Waals surface area contributed by atoms with E-state index in [0.717, 1.165) is 50.1 Å². The highest BCUT2D eigenvalue weighted by Gasteiger charge is 2.24. The van der Waals surface area contributed by atoms with E-state index in [9.17, 15) is 4.79 Å². The molecule has 6 nitrogen and oxygen atoms in total. The number of halogens is 2. The molecule has 0 aliphatic carbocycles. The molecule has 2 aliphatic heterocycles. The highest BCUT2D eigenvalue weighted by atomic mass is 35.5. The molecule has 28 heavy (non-hydrogen) atoms. The normalized spacial score (nSPS) is 21.0. The summed E-state index contributed by atoms with van der Waals surface area (Å²) >= 11 is 1.92. The Kier molecular flexibility index (Phi) is 12.2. The molecule has 160 valence electrons. The van der Waals surface area contributed by atoms with Crippen LogP contribution in [0.3, 0.4) is 0 Å². The first-order valence-electron chi connectivity index (χ1n) is 9.30. The molecule has 3 rings (SSSR count). The topological polar surface area (TPSA) is 62.8 Å². The lowest BCUT2D eigenvalue weighted by atomic mass is 10.0. The standard InChI is InChI=1S/C19H29N3O3S.2ClH/c1-24-17-4-2-15(3-5-17)18(22-7-9-25-10-8-22)13-21-19(23)12-16-14-26-11-6-20-16;;/h2-5,16,18,20H,6-14H2,1H3,(H,21,23);2*1H. The Balaban J connectivity index is 0.00000196. The molecule has 1 aromatic rings. The van der Waals surface area contributed by atoms with Gasteiger partial charge in [0.25, 0.3) is 0 Å². The Morgan fingerprint density at radius 2 is 2.04 bits per heavy atom. The fourth-order valence-electron chi connectivity index (χ4n) is 3.43. The zero-order valence-corrected chi connectivity index (χ0v) is 18.7. The van der Waals surface area contributed by atoms with Gasteiger partial charge in [-0.15, -0.1) is 24.8 Å². The molecule has 0 radical (unpaired) electrons. The zero-order chi connectivity index (χ0) is 18.2. The lowest BCUT2D eigenvalue weighted by molar-refractivity contribution is -0.121. The first kappa shape index (κ1) is 25.3. The first-order chi connectivity index (χ1) is 12.8. The number of methoxy groups -OCH3 is 1. The van der Waals surface area contributed by atoms with Crippen LogP contribution in [0.25, 0.3) is 0 Å². The van der Waals surface area contributed by atoms with Crippen LogP contribution in [-0.4, -0.2) is 74.9 Å². The van der Waals surface area contributed by atoms with Crippen molar-refractivity contribution in [2.75, 3.05) is 58.0 Å². The fraction of sp³-hybridized carbons (Fsp3) is 0.632. The molecule has 2 saturated heterocycles. The van der Waals surface area contributed by atoms with Crippen LogP contribution in [0.1, 0.15) is 18.0 Å². The Labute approximate surface area is 184 Å². The average Bonchev–Trinajstić information content (AvgIpc) is 2.70. The van der Waals surface area contributed by atoms with Crippen LogP contribution in [0.2, 0.25) is 0 Å². The van der Waals surface area contributed by atoms with E-state index in [1.807, 2.05) is 23.9 Å². The summed E-state index contributed by atoms with van der Waals surface area (Å²) < 4.78 is 10.8. The number of amides is 1. The van der Waals surface area contributed by atoms with E-state index in [0.29, 0.717) is 13.0 Å². The maximum atomic E-state index is 12.4. The first-order valence-corrected chi connectivity index (χ1v) is 10.5. The molecule has 2 heterocycles. The quantitative estimate of drug-likeness (QED) is 0.661. The molecule has 1 amide bonds. The molecule has 0 saturated carbocycles. The summed E-state index contributed by atoms with van der Waals surface area (Å²) in [6.07, 6.45) is 0.547. The lowest BCUT2D eigenvalue weighted by Crippen LogP contribution is -2.45. The molecule has 9 heteroatoms. The number of hydrogen-bond acceptors (Lipinski definition) is 6. The third kappa shape index (κ3) is 7.61. The smallest absolute Gasteiger partial charge is 0.221 e. The van der Waals surface area contributed by atoms with Crippen molar-refractivity contribution >= 4 is 42.5 Å². The van der Waals surface area contributed by atoms with Gasteiger partial charge in [-0.25, -0.2) is 0 Å². The van der Waals surface area contributed by atoms with Crippen LogP contribution in [0.15, 0.2) is 24.3 Å². The van der Waals surface area contributed by atoms with Gasteiger partial charge < -0.3 is 20.1 Å². The van der Waals surface area contributed by atoms with Gasteiger partial charge in [0.05, 0.1) is 26.4 Å². The van der Waals surface area contributed by atoms with Crippen molar-refractivity contribution in [3.63, 3.8) is 0 Å². The Morgan fingerprint density at radius 3 is 2.64 bits per heavy atom. The number of thioether (sulfide) groups is 1. The number of rotatable bonds is 7. The van der Waals surface area contributed by atoms with E-state index >= 15 is 0 Å². The van der Waals surface area contributed by atoms with E-state index in [1.54, 1.807) is 7.11 Å². The molecule has 1 aromatic carbocycles. The molecule has 2 unspecified atom stereocenters. The number of benzene rings is 1. The minimum Gasteiger partial charge on any atom is -0.497 e. The van der Waals surface area contributed by atoms with Crippen molar-refractivity contribution in [1.82, 2.24) is 15.5 Å².